The molecule has 0 aliphatic rings. The average Bonchev–Trinajstić information content (AvgIpc) is 3.46. The highest BCUT2D eigenvalue weighted by atomic mass is 16.5. The van der Waals surface area contributed by atoms with Gasteiger partial charge in [0.1, 0.15) is 17.9 Å². The molecule has 5 rings (SSSR count). The molecule has 0 unspecified atom stereocenters. The first kappa shape index (κ1) is 19.0. The van der Waals surface area contributed by atoms with E-state index in [1.807, 2.05) is 77.5 Å². The largest absolute Gasteiger partial charge is 0.489 e. The summed E-state index contributed by atoms with van der Waals surface area (Å²) in [6.07, 6.45) is 0. The van der Waals surface area contributed by atoms with Crippen molar-refractivity contribution >= 4 is 11.0 Å². The molecule has 0 aliphatic carbocycles. The molecule has 7 heteroatoms. The number of aromatic nitrogens is 5. The topological polar surface area (TPSA) is 78.9 Å². The minimum atomic E-state index is 0.244. The molecule has 2 aromatic heterocycles. The van der Waals surface area contributed by atoms with Crippen molar-refractivity contribution in [2.75, 3.05) is 0 Å². The summed E-state index contributed by atoms with van der Waals surface area (Å²) < 4.78 is 13.2. The molecule has 0 saturated heterocycles. The zero-order valence-electron chi connectivity index (χ0n) is 17.3. The van der Waals surface area contributed by atoms with Crippen LogP contribution in [-0.2, 0) is 6.61 Å². The number of nitrogens with zero attached hydrogens (tertiary/aromatic N) is 5. The van der Waals surface area contributed by atoms with Crippen LogP contribution in [0.5, 0.6) is 5.75 Å². The second kappa shape index (κ2) is 8.02. The fraction of sp³-hybridized carbons (Fsp3) is 0.167. The van der Waals surface area contributed by atoms with Gasteiger partial charge in [0.05, 0.1) is 5.52 Å². The monoisotopic (exact) mass is 411 g/mol. The third kappa shape index (κ3) is 3.90. The van der Waals surface area contributed by atoms with Crippen LogP contribution >= 0.6 is 0 Å². The van der Waals surface area contributed by atoms with Gasteiger partial charge in [-0.1, -0.05) is 40.7 Å². The Morgan fingerprint density at radius 2 is 1.71 bits per heavy atom. The van der Waals surface area contributed by atoms with Gasteiger partial charge in [-0.05, 0) is 61.9 Å². The molecule has 7 nitrogen and oxygen atoms in total. The van der Waals surface area contributed by atoms with Crippen molar-refractivity contribution in [3.05, 3.63) is 78.4 Å². The van der Waals surface area contributed by atoms with Crippen LogP contribution in [0.4, 0.5) is 0 Å². The number of hydrogen-bond donors (Lipinski definition) is 0. The van der Waals surface area contributed by atoms with E-state index in [4.69, 9.17) is 9.26 Å². The van der Waals surface area contributed by atoms with E-state index in [1.165, 1.54) is 0 Å². The van der Waals surface area contributed by atoms with E-state index in [-0.39, 0.29) is 6.04 Å². The standard InChI is InChI=1S/C24H21N5O2/c1-16(2)29-22-13-12-19(14-21(22)26-28-29)23-25-24(31-27-23)18-10-8-17(9-11-18)15-30-20-6-4-3-5-7-20/h3-14,16H,15H2,1-2H3. The van der Waals surface area contributed by atoms with Crippen LogP contribution in [0.2, 0.25) is 0 Å². The van der Waals surface area contributed by atoms with Gasteiger partial charge in [-0.2, -0.15) is 4.98 Å². The lowest BCUT2D eigenvalue weighted by atomic mass is 10.1. The Balaban J connectivity index is 1.32. The van der Waals surface area contributed by atoms with Gasteiger partial charge in [0, 0.05) is 17.2 Å². The highest BCUT2D eigenvalue weighted by Gasteiger charge is 2.14. The molecule has 0 radical (unpaired) electrons. The van der Waals surface area contributed by atoms with Gasteiger partial charge < -0.3 is 9.26 Å². The fourth-order valence-electron chi connectivity index (χ4n) is 3.35. The molecule has 3 aromatic carbocycles. The van der Waals surface area contributed by atoms with Gasteiger partial charge >= 0.3 is 0 Å². The van der Waals surface area contributed by atoms with E-state index in [1.54, 1.807) is 0 Å². The number of ether oxygens (including phenoxy) is 1. The molecule has 0 amide bonds. The minimum Gasteiger partial charge on any atom is -0.489 e. The molecule has 0 N–H and O–H groups in total. The summed E-state index contributed by atoms with van der Waals surface area (Å²) in [7, 11) is 0. The van der Waals surface area contributed by atoms with Crippen molar-refractivity contribution in [1.82, 2.24) is 25.1 Å². The summed E-state index contributed by atoms with van der Waals surface area (Å²) in [6, 6.07) is 23.8. The van der Waals surface area contributed by atoms with Gasteiger partial charge in [0.15, 0.2) is 0 Å². The maximum Gasteiger partial charge on any atom is 0.258 e. The highest BCUT2D eigenvalue weighted by molar-refractivity contribution is 5.80. The van der Waals surface area contributed by atoms with E-state index in [0.29, 0.717) is 18.3 Å². The van der Waals surface area contributed by atoms with Crippen LogP contribution in [0.25, 0.3) is 33.9 Å². The van der Waals surface area contributed by atoms with Crippen molar-refractivity contribution in [2.24, 2.45) is 0 Å². The summed E-state index contributed by atoms with van der Waals surface area (Å²) in [5.74, 6) is 1.84. The van der Waals surface area contributed by atoms with E-state index in [9.17, 15) is 0 Å². The maximum atomic E-state index is 5.79. The Bertz CT molecular complexity index is 1310. The Morgan fingerprint density at radius 3 is 2.48 bits per heavy atom. The first-order valence-corrected chi connectivity index (χ1v) is 10.1. The molecule has 5 aromatic rings. The molecule has 0 fully saturated rings. The van der Waals surface area contributed by atoms with Crippen LogP contribution in [0.15, 0.2) is 77.3 Å². The van der Waals surface area contributed by atoms with Crippen LogP contribution < -0.4 is 4.74 Å². The summed E-state index contributed by atoms with van der Waals surface area (Å²) in [5, 5.41) is 12.6. The van der Waals surface area contributed by atoms with Crippen LogP contribution in [0.1, 0.15) is 25.5 Å². The van der Waals surface area contributed by atoms with Crippen molar-refractivity contribution in [2.45, 2.75) is 26.5 Å². The van der Waals surface area contributed by atoms with Crippen molar-refractivity contribution in [1.29, 1.82) is 0 Å². The molecule has 0 atom stereocenters. The third-order valence-electron chi connectivity index (χ3n) is 4.99. The van der Waals surface area contributed by atoms with E-state index in [0.717, 1.165) is 33.5 Å². The molecule has 2 heterocycles. The van der Waals surface area contributed by atoms with Gasteiger partial charge in [-0.15, -0.1) is 5.10 Å². The van der Waals surface area contributed by atoms with Crippen LogP contribution in [-0.4, -0.2) is 25.1 Å². The van der Waals surface area contributed by atoms with Crippen molar-refractivity contribution in [3.8, 4) is 28.6 Å². The molecule has 0 aliphatic heterocycles. The summed E-state index contributed by atoms with van der Waals surface area (Å²) >= 11 is 0. The number of fused-ring (bicyclic) bond motifs is 1. The SMILES string of the molecule is CC(C)n1nnc2cc(-c3noc(-c4ccc(COc5ccccc5)cc4)n3)ccc21. The van der Waals surface area contributed by atoms with Gasteiger partial charge in [0.2, 0.25) is 5.82 Å². The first-order chi connectivity index (χ1) is 15.2. The Hall–Kier alpha value is -4.00. The number of hydrogen-bond acceptors (Lipinski definition) is 6. The van der Waals surface area contributed by atoms with Crippen molar-refractivity contribution < 1.29 is 9.26 Å². The highest BCUT2D eigenvalue weighted by Crippen LogP contribution is 2.26. The lowest BCUT2D eigenvalue weighted by molar-refractivity contribution is 0.306. The number of benzene rings is 3. The smallest absolute Gasteiger partial charge is 0.258 e. The van der Waals surface area contributed by atoms with Crippen LogP contribution in [0, 0.1) is 0 Å². The molecule has 0 spiro atoms. The van der Waals surface area contributed by atoms with Crippen LogP contribution in [0.3, 0.4) is 0 Å². The molecular formula is C24H21N5O2. The zero-order valence-corrected chi connectivity index (χ0v) is 17.3. The summed E-state index contributed by atoms with van der Waals surface area (Å²) in [5.41, 5.74) is 4.54. The van der Waals surface area contributed by atoms with Gasteiger partial charge in [0.25, 0.3) is 5.89 Å². The molecule has 0 bridgehead atoms. The predicted molar refractivity (Wildman–Crippen MR) is 117 cm³/mol. The van der Waals surface area contributed by atoms with Gasteiger partial charge in [-0.3, -0.25) is 0 Å². The molecule has 154 valence electrons. The number of para-hydroxylation sites is 1. The lowest BCUT2D eigenvalue weighted by Gasteiger charge is -2.06. The van der Waals surface area contributed by atoms with E-state index < -0.39 is 0 Å². The third-order valence-corrected chi connectivity index (χ3v) is 4.99. The van der Waals surface area contributed by atoms with E-state index in [2.05, 4.69) is 34.3 Å². The fourth-order valence-corrected chi connectivity index (χ4v) is 3.35. The number of rotatable bonds is 6. The molecule has 31 heavy (non-hydrogen) atoms. The predicted octanol–water partition coefficient (Wildman–Crippen LogP) is 5.31. The molecular weight excluding hydrogens is 390 g/mol. The quantitative estimate of drug-likeness (QED) is 0.377. The first-order valence-electron chi connectivity index (χ1n) is 10.1. The second-order valence-electron chi connectivity index (χ2n) is 7.55. The summed E-state index contributed by atoms with van der Waals surface area (Å²) in [6.45, 7) is 4.65. The lowest BCUT2D eigenvalue weighted by Crippen LogP contribution is -2.02. The second-order valence-corrected chi connectivity index (χ2v) is 7.55. The Morgan fingerprint density at radius 1 is 0.935 bits per heavy atom. The average molecular weight is 411 g/mol. The molecule has 0 saturated carbocycles. The van der Waals surface area contributed by atoms with E-state index >= 15 is 0 Å². The normalized spacial score (nSPS) is 11.3. The van der Waals surface area contributed by atoms with Gasteiger partial charge in [-0.25, -0.2) is 4.68 Å². The van der Waals surface area contributed by atoms with Crippen molar-refractivity contribution in [3.63, 3.8) is 0 Å². The summed E-state index contributed by atoms with van der Waals surface area (Å²) in [4.78, 5) is 4.56. The Kier molecular flexibility index (Phi) is 4.92. The minimum absolute atomic E-state index is 0.244. The zero-order chi connectivity index (χ0) is 21.2. The Labute approximate surface area is 179 Å². The maximum absolute atomic E-state index is 5.79.